The molecule has 0 aliphatic heterocycles. The first-order valence-electron chi connectivity index (χ1n) is 10.8. The van der Waals surface area contributed by atoms with Gasteiger partial charge < -0.3 is 20.7 Å². The molecule has 0 aliphatic rings. The van der Waals surface area contributed by atoms with E-state index in [1.165, 1.54) is 35.8 Å². The summed E-state index contributed by atoms with van der Waals surface area (Å²) in [6.07, 6.45) is 3.70. The second kappa shape index (κ2) is 11.7. The van der Waals surface area contributed by atoms with Crippen molar-refractivity contribution >= 4 is 23.0 Å². The molecule has 0 aliphatic carbocycles. The lowest BCUT2D eigenvalue weighted by atomic mass is 9.79. The van der Waals surface area contributed by atoms with Gasteiger partial charge in [0.1, 0.15) is 36.1 Å². The molecular formula is C22H24F3N6O5S+. The summed E-state index contributed by atoms with van der Waals surface area (Å²) in [4.78, 5) is 30.2. The second-order valence-corrected chi connectivity index (χ2v) is 9.10. The summed E-state index contributed by atoms with van der Waals surface area (Å²) in [7, 11) is 0. The van der Waals surface area contributed by atoms with Crippen LogP contribution >= 0.6 is 11.8 Å². The lowest BCUT2D eigenvalue weighted by Gasteiger charge is -2.32. The number of benzene rings is 1. The van der Waals surface area contributed by atoms with Gasteiger partial charge in [-0.1, -0.05) is 13.0 Å². The summed E-state index contributed by atoms with van der Waals surface area (Å²) < 4.78 is 50.6. The van der Waals surface area contributed by atoms with Crippen molar-refractivity contribution in [2.24, 2.45) is 5.73 Å². The number of aliphatic hydroxyl groups is 1. The number of halogens is 3. The average molecular weight is 542 g/mol. The van der Waals surface area contributed by atoms with Gasteiger partial charge in [0.05, 0.1) is 11.9 Å². The van der Waals surface area contributed by atoms with Crippen LogP contribution in [0.4, 0.5) is 18.0 Å². The van der Waals surface area contributed by atoms with Crippen LogP contribution < -0.4 is 10.3 Å². The molecule has 15 heteroatoms. The van der Waals surface area contributed by atoms with Crippen LogP contribution in [0.25, 0.3) is 0 Å². The minimum Gasteiger partial charge on any atom is -0.480 e. The van der Waals surface area contributed by atoms with Gasteiger partial charge in [-0.05, 0) is 17.8 Å². The first-order chi connectivity index (χ1) is 17.4. The van der Waals surface area contributed by atoms with E-state index in [9.17, 15) is 27.9 Å². The number of hydrogen-bond donors (Lipinski definition) is 3. The van der Waals surface area contributed by atoms with E-state index in [0.717, 1.165) is 24.7 Å². The van der Waals surface area contributed by atoms with E-state index in [1.807, 2.05) is 0 Å². The minimum atomic E-state index is -2.15. The van der Waals surface area contributed by atoms with E-state index in [1.54, 1.807) is 0 Å². The number of carboxylic acid groups (broad SMARTS) is 1. The molecule has 198 valence electrons. The summed E-state index contributed by atoms with van der Waals surface area (Å²) >= 11 is 0.588. The predicted molar refractivity (Wildman–Crippen MR) is 122 cm³/mol. The highest BCUT2D eigenvalue weighted by Crippen LogP contribution is 2.39. The van der Waals surface area contributed by atoms with Crippen LogP contribution in [0.1, 0.15) is 37.3 Å². The highest BCUT2D eigenvalue weighted by Gasteiger charge is 2.43. The van der Waals surface area contributed by atoms with E-state index in [-0.39, 0.29) is 17.0 Å². The predicted octanol–water partition coefficient (Wildman–Crippen LogP) is 1.87. The van der Waals surface area contributed by atoms with Gasteiger partial charge in [-0.25, -0.2) is 27.9 Å². The SMILES string of the molecule is CC(OC(=O)SC[C@H](N)C(=O)O)[n+]1cnn(C[C@](O)(c2ccc(F)cc2F)[C@@H](C)c2ncncc2F)c1. The summed E-state index contributed by atoms with van der Waals surface area (Å²) in [5.74, 6) is -5.34. The lowest BCUT2D eigenvalue weighted by Crippen LogP contribution is -2.41. The second-order valence-electron chi connectivity index (χ2n) is 8.14. The van der Waals surface area contributed by atoms with Crippen LogP contribution in [0.5, 0.6) is 0 Å². The number of thioether (sulfide) groups is 1. The Bertz CT molecular complexity index is 1280. The Morgan fingerprint density at radius 1 is 1.27 bits per heavy atom. The lowest BCUT2D eigenvalue weighted by molar-refractivity contribution is -0.753. The topological polar surface area (TPSA) is 157 Å². The van der Waals surface area contributed by atoms with Crippen molar-refractivity contribution < 1.29 is 42.3 Å². The van der Waals surface area contributed by atoms with Gasteiger partial charge in [-0.2, -0.15) is 4.57 Å². The number of hydrogen-bond acceptors (Lipinski definition) is 9. The Balaban J connectivity index is 1.85. The molecule has 3 rings (SSSR count). The van der Waals surface area contributed by atoms with Gasteiger partial charge >= 0.3 is 11.3 Å². The first kappa shape index (κ1) is 28.0. The Morgan fingerprint density at radius 3 is 2.65 bits per heavy atom. The number of aliphatic carboxylic acids is 1. The molecule has 0 amide bonds. The van der Waals surface area contributed by atoms with Crippen molar-refractivity contribution in [1.82, 2.24) is 19.7 Å². The number of rotatable bonds is 10. The molecule has 0 bridgehead atoms. The van der Waals surface area contributed by atoms with Crippen LogP contribution in [-0.4, -0.2) is 53.0 Å². The van der Waals surface area contributed by atoms with Crippen molar-refractivity contribution in [3.05, 3.63) is 72.1 Å². The molecule has 11 nitrogen and oxygen atoms in total. The molecule has 3 aromatic rings. The number of carboxylic acids is 1. The normalized spacial score (nSPS) is 15.4. The molecule has 2 heterocycles. The molecule has 0 fully saturated rings. The van der Waals surface area contributed by atoms with Gasteiger partial charge in [0.25, 0.3) is 6.33 Å². The molecule has 1 aromatic carbocycles. The number of nitrogens with zero attached hydrogens (tertiary/aromatic N) is 5. The van der Waals surface area contributed by atoms with Crippen molar-refractivity contribution in [2.45, 2.75) is 44.2 Å². The molecule has 4 atom stereocenters. The monoisotopic (exact) mass is 541 g/mol. The Hall–Kier alpha value is -3.56. The zero-order valence-electron chi connectivity index (χ0n) is 19.7. The Labute approximate surface area is 213 Å². The standard InChI is InChI=1S/C22H23F3N6O5S/c1-12(19-17(25)6-27-9-28-19)22(35,15-4-3-14(23)5-16(15)24)8-31-11-30(10-29-31)13(2)36-21(34)37-7-18(26)20(32)33/h3-6,9-13,18,35H,7-8,26H2,1-2H3/p+1/t12-,13?,18-,22+/m0/s1. The molecule has 0 spiro atoms. The van der Waals surface area contributed by atoms with Crippen molar-refractivity contribution in [3.63, 3.8) is 0 Å². The van der Waals surface area contributed by atoms with E-state index in [0.29, 0.717) is 17.8 Å². The Morgan fingerprint density at radius 2 is 2.00 bits per heavy atom. The van der Waals surface area contributed by atoms with Gasteiger partial charge in [-0.15, -0.1) is 4.68 Å². The molecule has 0 saturated carbocycles. The fourth-order valence-corrected chi connectivity index (χ4v) is 4.15. The van der Waals surface area contributed by atoms with Crippen LogP contribution in [0.15, 0.2) is 43.4 Å². The van der Waals surface area contributed by atoms with Gasteiger partial charge in [0.15, 0.2) is 5.82 Å². The summed E-state index contributed by atoms with van der Waals surface area (Å²) in [6.45, 7) is 2.51. The molecule has 37 heavy (non-hydrogen) atoms. The third kappa shape index (κ3) is 6.61. The summed E-state index contributed by atoms with van der Waals surface area (Å²) in [5, 5.41) is 23.8. The summed E-state index contributed by atoms with van der Waals surface area (Å²) in [5.41, 5.74) is 2.70. The van der Waals surface area contributed by atoms with E-state index >= 15 is 0 Å². The maximum absolute atomic E-state index is 14.8. The van der Waals surface area contributed by atoms with Crippen LogP contribution in [0.2, 0.25) is 0 Å². The average Bonchev–Trinajstić information content (AvgIpc) is 3.30. The molecular weight excluding hydrogens is 517 g/mol. The van der Waals surface area contributed by atoms with Gasteiger partial charge in [0.2, 0.25) is 12.6 Å². The zero-order chi connectivity index (χ0) is 27.3. The smallest absolute Gasteiger partial charge is 0.370 e. The third-order valence-electron chi connectivity index (χ3n) is 5.61. The van der Waals surface area contributed by atoms with E-state index in [2.05, 4.69) is 15.1 Å². The zero-order valence-corrected chi connectivity index (χ0v) is 20.5. The maximum Gasteiger partial charge on any atom is 0.370 e. The highest BCUT2D eigenvalue weighted by molar-refractivity contribution is 8.13. The van der Waals surface area contributed by atoms with Gasteiger partial charge in [-0.3, -0.25) is 4.79 Å². The largest absolute Gasteiger partial charge is 0.480 e. The fourth-order valence-electron chi connectivity index (χ4n) is 3.48. The molecule has 0 saturated heterocycles. The van der Waals surface area contributed by atoms with Crippen molar-refractivity contribution in [2.75, 3.05) is 5.75 Å². The third-order valence-corrected chi connectivity index (χ3v) is 6.47. The number of carbonyl (C=O) groups is 2. The molecule has 2 aromatic heterocycles. The van der Waals surface area contributed by atoms with Gasteiger partial charge in [0, 0.05) is 35.3 Å². The van der Waals surface area contributed by atoms with E-state index < -0.39 is 59.1 Å². The Kier molecular flexibility index (Phi) is 8.83. The number of carbonyl (C=O) groups excluding carboxylic acids is 1. The van der Waals surface area contributed by atoms with E-state index in [4.69, 9.17) is 15.6 Å². The highest BCUT2D eigenvalue weighted by atomic mass is 32.2. The number of nitrogens with two attached hydrogens (primary N) is 1. The molecule has 0 radical (unpaired) electrons. The van der Waals surface area contributed by atoms with Crippen LogP contribution in [0.3, 0.4) is 0 Å². The summed E-state index contributed by atoms with van der Waals surface area (Å²) in [6, 6.07) is 1.38. The molecule has 4 N–H and O–H groups in total. The van der Waals surface area contributed by atoms with Crippen molar-refractivity contribution in [3.8, 4) is 0 Å². The maximum atomic E-state index is 14.8. The fraction of sp³-hybridized carbons (Fsp3) is 0.364. The number of ether oxygens (including phenoxy) is 1. The van der Waals surface area contributed by atoms with Crippen LogP contribution in [-0.2, 0) is 21.7 Å². The first-order valence-corrected chi connectivity index (χ1v) is 11.8. The van der Waals surface area contributed by atoms with Crippen LogP contribution in [0, 0.1) is 17.5 Å². The van der Waals surface area contributed by atoms with Crippen molar-refractivity contribution in [1.29, 1.82) is 0 Å². The minimum absolute atomic E-state index is 0.194. The quantitative estimate of drug-likeness (QED) is 0.256. The number of aromatic nitrogens is 5. The molecule has 1 unspecified atom stereocenters.